The molecule has 0 radical (unpaired) electrons. The molecule has 0 saturated heterocycles. The van der Waals surface area contributed by atoms with Gasteiger partial charge >= 0.3 is 5.97 Å². The van der Waals surface area contributed by atoms with E-state index >= 15 is 0 Å². The molecule has 0 saturated carbocycles. The highest BCUT2D eigenvalue weighted by Crippen LogP contribution is 2.23. The number of sulfone groups is 1. The molecule has 0 spiro atoms. The van der Waals surface area contributed by atoms with Gasteiger partial charge in [0, 0.05) is 9.85 Å². The smallest absolute Gasteiger partial charge is 0.336 e. The predicted molar refractivity (Wildman–Crippen MR) is 74.1 cm³/mol. The fourth-order valence-electron chi connectivity index (χ4n) is 1.45. The van der Waals surface area contributed by atoms with Crippen molar-refractivity contribution < 1.29 is 18.3 Å². The summed E-state index contributed by atoms with van der Waals surface area (Å²) in [5.74, 6) is -1.42. The van der Waals surface area contributed by atoms with Crippen LogP contribution < -0.4 is 0 Å². The lowest BCUT2D eigenvalue weighted by Gasteiger charge is -2.05. The van der Waals surface area contributed by atoms with Crippen LogP contribution in [-0.4, -0.2) is 24.5 Å². The van der Waals surface area contributed by atoms with Crippen LogP contribution in [0.4, 0.5) is 0 Å². The summed E-state index contributed by atoms with van der Waals surface area (Å²) in [6.45, 7) is 0. The van der Waals surface area contributed by atoms with E-state index in [2.05, 4.69) is 20.9 Å². The number of benzene rings is 1. The van der Waals surface area contributed by atoms with E-state index in [1.807, 2.05) is 0 Å². The lowest BCUT2D eigenvalue weighted by molar-refractivity contribution is 0.0695. The molecule has 0 aliphatic rings. The Kier molecular flexibility index (Phi) is 4.02. The van der Waals surface area contributed by atoms with Crippen LogP contribution >= 0.6 is 27.3 Å². The highest BCUT2D eigenvalue weighted by atomic mass is 79.9. The first-order valence-corrected chi connectivity index (χ1v) is 8.41. The zero-order chi connectivity index (χ0) is 14.0. The number of hydrogen-bond donors (Lipinski definition) is 1. The zero-order valence-corrected chi connectivity index (χ0v) is 12.6. The van der Waals surface area contributed by atoms with E-state index < -0.39 is 15.8 Å². The maximum absolute atomic E-state index is 12.1. The first-order valence-electron chi connectivity index (χ1n) is 5.03. The number of carboxylic acids is 1. The van der Waals surface area contributed by atoms with E-state index in [1.165, 1.54) is 23.5 Å². The number of hydrogen-bond acceptors (Lipinski definition) is 5. The Hall–Kier alpha value is -1.25. The van der Waals surface area contributed by atoms with Crippen molar-refractivity contribution in [3.05, 3.63) is 44.8 Å². The van der Waals surface area contributed by atoms with Gasteiger partial charge in [0.1, 0.15) is 0 Å². The first-order chi connectivity index (χ1) is 8.90. The van der Waals surface area contributed by atoms with E-state index in [1.54, 1.807) is 10.9 Å². The molecule has 1 heterocycles. The average Bonchev–Trinajstić information content (AvgIpc) is 2.80. The van der Waals surface area contributed by atoms with Crippen LogP contribution in [0.25, 0.3) is 0 Å². The number of carboxylic acid groups (broad SMARTS) is 1. The summed E-state index contributed by atoms with van der Waals surface area (Å²) in [6, 6.07) is 3.93. The maximum atomic E-state index is 12.1. The topological polar surface area (TPSA) is 84.3 Å². The Labute approximate surface area is 122 Å². The standard InChI is InChI=1S/C11H8BrNO4S2/c12-10-2-1-8(3-9(10)11(14)15)19(16,17)5-7-4-18-6-13-7/h1-4,6H,5H2,(H,14,15). The van der Waals surface area contributed by atoms with Gasteiger partial charge in [0.25, 0.3) is 0 Å². The Morgan fingerprint density at radius 3 is 2.74 bits per heavy atom. The number of rotatable bonds is 4. The minimum absolute atomic E-state index is 0.0268. The van der Waals surface area contributed by atoms with Gasteiger partial charge in [-0.15, -0.1) is 11.3 Å². The second-order valence-electron chi connectivity index (χ2n) is 3.69. The van der Waals surface area contributed by atoms with Crippen LogP contribution in [0.15, 0.2) is 38.5 Å². The van der Waals surface area contributed by atoms with E-state index in [9.17, 15) is 13.2 Å². The molecule has 0 fully saturated rings. The van der Waals surface area contributed by atoms with Crippen molar-refractivity contribution in [3.63, 3.8) is 0 Å². The quantitative estimate of drug-likeness (QED) is 0.904. The van der Waals surface area contributed by atoms with Crippen LogP contribution in [0.2, 0.25) is 0 Å². The third kappa shape index (κ3) is 3.20. The van der Waals surface area contributed by atoms with Crippen molar-refractivity contribution in [1.29, 1.82) is 0 Å². The van der Waals surface area contributed by atoms with E-state index in [4.69, 9.17) is 5.11 Å². The van der Waals surface area contributed by atoms with Crippen LogP contribution in [-0.2, 0) is 15.6 Å². The fraction of sp³-hybridized carbons (Fsp3) is 0.0909. The number of halogens is 1. The van der Waals surface area contributed by atoms with Crippen LogP contribution in [0, 0.1) is 0 Å². The summed E-state index contributed by atoms with van der Waals surface area (Å²) in [6.07, 6.45) is 0. The SMILES string of the molecule is O=C(O)c1cc(S(=O)(=O)Cc2cscn2)ccc1Br. The van der Waals surface area contributed by atoms with Crippen molar-refractivity contribution in [3.8, 4) is 0 Å². The predicted octanol–water partition coefficient (Wildman–Crippen LogP) is 2.58. The summed E-state index contributed by atoms with van der Waals surface area (Å²) in [5, 5.41) is 10.6. The molecule has 1 aromatic carbocycles. The molecule has 2 rings (SSSR count). The minimum Gasteiger partial charge on any atom is -0.478 e. The highest BCUT2D eigenvalue weighted by Gasteiger charge is 2.19. The Morgan fingerprint density at radius 1 is 1.42 bits per heavy atom. The maximum Gasteiger partial charge on any atom is 0.336 e. The molecule has 0 atom stereocenters. The van der Waals surface area contributed by atoms with Gasteiger partial charge in [0.2, 0.25) is 0 Å². The Morgan fingerprint density at radius 2 is 2.16 bits per heavy atom. The summed E-state index contributed by atoms with van der Waals surface area (Å²) in [5.41, 5.74) is 1.92. The monoisotopic (exact) mass is 361 g/mol. The van der Waals surface area contributed by atoms with Gasteiger partial charge in [-0.2, -0.15) is 0 Å². The van der Waals surface area contributed by atoms with Crippen molar-refractivity contribution >= 4 is 43.1 Å². The molecule has 0 amide bonds. The molecule has 0 unspecified atom stereocenters. The molecule has 5 nitrogen and oxygen atoms in total. The van der Waals surface area contributed by atoms with E-state index in [0.717, 1.165) is 6.07 Å². The van der Waals surface area contributed by atoms with Gasteiger partial charge in [-0.05, 0) is 34.1 Å². The van der Waals surface area contributed by atoms with Crippen molar-refractivity contribution in [2.75, 3.05) is 0 Å². The second kappa shape index (κ2) is 5.40. The molecule has 1 aromatic heterocycles. The van der Waals surface area contributed by atoms with Crippen molar-refractivity contribution in [1.82, 2.24) is 4.98 Å². The fourth-order valence-corrected chi connectivity index (χ4v) is 3.82. The van der Waals surface area contributed by atoms with Gasteiger partial charge in [-0.25, -0.2) is 18.2 Å². The van der Waals surface area contributed by atoms with Gasteiger partial charge in [0.05, 0.1) is 27.4 Å². The molecular formula is C11H8BrNO4S2. The van der Waals surface area contributed by atoms with Crippen LogP contribution in [0.1, 0.15) is 16.1 Å². The molecule has 0 aliphatic carbocycles. The van der Waals surface area contributed by atoms with Gasteiger partial charge < -0.3 is 5.11 Å². The third-order valence-corrected chi connectivity index (χ3v) is 5.32. The first kappa shape index (κ1) is 14.2. The molecule has 0 aliphatic heterocycles. The highest BCUT2D eigenvalue weighted by molar-refractivity contribution is 9.10. The number of carbonyl (C=O) groups is 1. The summed E-state index contributed by atoms with van der Waals surface area (Å²) >= 11 is 4.38. The van der Waals surface area contributed by atoms with Crippen LogP contribution in [0.3, 0.4) is 0 Å². The Bertz CT molecular complexity index is 710. The number of aromatic carboxylic acids is 1. The molecule has 0 bridgehead atoms. The molecular weight excluding hydrogens is 354 g/mol. The van der Waals surface area contributed by atoms with Gasteiger partial charge in [-0.1, -0.05) is 0 Å². The van der Waals surface area contributed by atoms with E-state index in [0.29, 0.717) is 10.2 Å². The van der Waals surface area contributed by atoms with Gasteiger partial charge in [0.15, 0.2) is 9.84 Å². The number of aromatic nitrogens is 1. The number of thiazole rings is 1. The summed E-state index contributed by atoms with van der Waals surface area (Å²) in [4.78, 5) is 14.9. The largest absolute Gasteiger partial charge is 0.478 e. The van der Waals surface area contributed by atoms with Crippen LogP contribution in [0.5, 0.6) is 0 Å². The normalized spacial score (nSPS) is 11.4. The molecule has 1 N–H and O–H groups in total. The van der Waals surface area contributed by atoms with Crippen molar-refractivity contribution in [2.45, 2.75) is 10.6 Å². The lowest BCUT2D eigenvalue weighted by Crippen LogP contribution is -2.07. The zero-order valence-electron chi connectivity index (χ0n) is 9.41. The summed E-state index contributed by atoms with van der Waals surface area (Å²) < 4.78 is 24.6. The Balaban J connectivity index is 2.41. The molecule has 19 heavy (non-hydrogen) atoms. The molecule has 2 aromatic rings. The minimum atomic E-state index is -3.60. The van der Waals surface area contributed by atoms with Crippen molar-refractivity contribution in [2.24, 2.45) is 0 Å². The van der Waals surface area contributed by atoms with E-state index in [-0.39, 0.29) is 16.2 Å². The van der Waals surface area contributed by atoms with Gasteiger partial charge in [-0.3, -0.25) is 0 Å². The average molecular weight is 362 g/mol. The third-order valence-electron chi connectivity index (χ3n) is 2.35. The molecule has 8 heteroatoms. The second-order valence-corrected chi connectivity index (χ2v) is 7.25. The summed E-state index contributed by atoms with van der Waals surface area (Å²) in [7, 11) is -3.60. The molecule has 100 valence electrons. The lowest BCUT2D eigenvalue weighted by atomic mass is 10.2. The number of nitrogens with zero attached hydrogens (tertiary/aromatic N) is 1.